The van der Waals surface area contributed by atoms with E-state index in [9.17, 15) is 9.90 Å². The monoisotopic (exact) mass is 331 g/mol. The van der Waals surface area contributed by atoms with Gasteiger partial charge >= 0.3 is 6.09 Å². The fourth-order valence-corrected chi connectivity index (χ4v) is 3.16. The van der Waals surface area contributed by atoms with Gasteiger partial charge in [0.25, 0.3) is 0 Å². The van der Waals surface area contributed by atoms with Crippen LogP contribution < -0.4 is 5.32 Å². The number of aliphatic hydroxyl groups is 1. The lowest BCUT2D eigenvalue weighted by atomic mass is 10.0. The molecule has 0 saturated carbocycles. The molecule has 1 amide bonds. The molecule has 2 rings (SSSR count). The first-order valence-corrected chi connectivity index (χ1v) is 7.23. The summed E-state index contributed by atoms with van der Waals surface area (Å²) in [6.07, 6.45) is -2.28. The molecule has 1 aromatic heterocycles. The molecule has 2 atom stereocenters. The molecule has 20 heavy (non-hydrogen) atoms. The third kappa shape index (κ3) is 3.64. The van der Waals surface area contributed by atoms with Crippen LogP contribution in [0.1, 0.15) is 22.6 Å². The average Bonchev–Trinajstić information content (AvgIpc) is 2.81. The fraction of sp³-hybridized carbons (Fsp3) is 0.154. The maximum atomic E-state index is 10.9. The standard InChI is InChI=1S/C13H11Cl2NO3S/c14-8-3-1-2-7(6-8)12(17)11(16-13(18)19)9-4-5-10(15)20-9/h1-6,11-12,16-17H,(H,18,19)/t11-,12-/m1/s1. The highest BCUT2D eigenvalue weighted by atomic mass is 35.5. The van der Waals surface area contributed by atoms with Gasteiger partial charge in [-0.15, -0.1) is 11.3 Å². The zero-order valence-corrected chi connectivity index (χ0v) is 12.4. The number of nitrogens with one attached hydrogen (secondary N) is 1. The summed E-state index contributed by atoms with van der Waals surface area (Å²) in [5.41, 5.74) is 0.528. The third-order valence-electron chi connectivity index (χ3n) is 2.69. The van der Waals surface area contributed by atoms with Gasteiger partial charge in [0.05, 0.1) is 10.4 Å². The summed E-state index contributed by atoms with van der Waals surface area (Å²) in [7, 11) is 0. The smallest absolute Gasteiger partial charge is 0.405 e. The molecule has 0 unspecified atom stereocenters. The fourth-order valence-electron chi connectivity index (χ4n) is 1.82. The zero-order chi connectivity index (χ0) is 14.7. The molecule has 0 fully saturated rings. The molecule has 4 nitrogen and oxygen atoms in total. The van der Waals surface area contributed by atoms with Crippen LogP contribution in [0.15, 0.2) is 36.4 Å². The first-order valence-electron chi connectivity index (χ1n) is 5.65. The zero-order valence-electron chi connectivity index (χ0n) is 10.1. The van der Waals surface area contributed by atoms with Crippen molar-refractivity contribution in [1.29, 1.82) is 0 Å². The molecule has 0 aliphatic heterocycles. The number of carboxylic acid groups (broad SMARTS) is 1. The largest absolute Gasteiger partial charge is 0.465 e. The van der Waals surface area contributed by atoms with E-state index in [2.05, 4.69) is 5.32 Å². The van der Waals surface area contributed by atoms with Crippen molar-refractivity contribution in [3.05, 3.63) is 56.2 Å². The van der Waals surface area contributed by atoms with Crippen molar-refractivity contribution >= 4 is 40.6 Å². The van der Waals surface area contributed by atoms with Crippen molar-refractivity contribution in [1.82, 2.24) is 5.32 Å². The van der Waals surface area contributed by atoms with Crippen molar-refractivity contribution < 1.29 is 15.0 Å². The molecule has 0 saturated heterocycles. The van der Waals surface area contributed by atoms with E-state index in [0.717, 1.165) is 0 Å². The highest BCUT2D eigenvalue weighted by Gasteiger charge is 2.26. The van der Waals surface area contributed by atoms with Crippen LogP contribution in [-0.4, -0.2) is 16.3 Å². The van der Waals surface area contributed by atoms with E-state index in [0.29, 0.717) is 19.8 Å². The molecule has 106 valence electrons. The predicted octanol–water partition coefficient (Wildman–Crippen LogP) is 4.10. The Morgan fingerprint density at radius 2 is 2.00 bits per heavy atom. The Labute approximate surface area is 129 Å². The van der Waals surface area contributed by atoms with Crippen LogP contribution in [0.4, 0.5) is 4.79 Å². The summed E-state index contributed by atoms with van der Waals surface area (Å²) in [6.45, 7) is 0. The second kappa shape index (κ2) is 6.45. The summed E-state index contributed by atoms with van der Waals surface area (Å²) in [5, 5.41) is 22.1. The van der Waals surface area contributed by atoms with Gasteiger partial charge in [-0.25, -0.2) is 4.79 Å². The molecule has 3 N–H and O–H groups in total. The second-order valence-corrected chi connectivity index (χ2v) is 6.25. The van der Waals surface area contributed by atoms with Gasteiger partial charge in [-0.2, -0.15) is 0 Å². The van der Waals surface area contributed by atoms with Gasteiger partial charge in [-0.05, 0) is 29.8 Å². The Kier molecular flexibility index (Phi) is 4.88. The predicted molar refractivity (Wildman–Crippen MR) is 79.6 cm³/mol. The first-order chi connectivity index (χ1) is 9.47. The number of thiophene rings is 1. The SMILES string of the molecule is O=C(O)N[C@H](c1ccc(Cl)s1)[C@H](O)c1cccc(Cl)c1. The molecule has 1 heterocycles. The van der Waals surface area contributed by atoms with E-state index < -0.39 is 18.2 Å². The topological polar surface area (TPSA) is 69.6 Å². The minimum Gasteiger partial charge on any atom is -0.465 e. The minimum absolute atomic E-state index is 0.472. The lowest BCUT2D eigenvalue weighted by molar-refractivity contribution is 0.122. The molecule has 0 radical (unpaired) electrons. The Morgan fingerprint density at radius 3 is 2.55 bits per heavy atom. The van der Waals surface area contributed by atoms with Crippen LogP contribution in [-0.2, 0) is 0 Å². The molecule has 2 aromatic rings. The number of benzene rings is 1. The van der Waals surface area contributed by atoms with Gasteiger partial charge in [0.1, 0.15) is 6.10 Å². The second-order valence-electron chi connectivity index (χ2n) is 4.07. The number of amides is 1. The van der Waals surface area contributed by atoms with E-state index in [4.69, 9.17) is 28.3 Å². The van der Waals surface area contributed by atoms with Gasteiger partial charge in [0, 0.05) is 9.90 Å². The Morgan fingerprint density at radius 1 is 1.25 bits per heavy atom. The lowest BCUT2D eigenvalue weighted by Crippen LogP contribution is -2.30. The quantitative estimate of drug-likeness (QED) is 0.789. The van der Waals surface area contributed by atoms with E-state index >= 15 is 0 Å². The van der Waals surface area contributed by atoms with Crippen molar-refractivity contribution in [2.24, 2.45) is 0 Å². The number of carbonyl (C=O) groups is 1. The normalized spacial score (nSPS) is 13.8. The van der Waals surface area contributed by atoms with Crippen molar-refractivity contribution in [3.63, 3.8) is 0 Å². The van der Waals surface area contributed by atoms with Crippen LogP contribution in [0.3, 0.4) is 0 Å². The van der Waals surface area contributed by atoms with Crippen molar-refractivity contribution in [2.45, 2.75) is 12.1 Å². The summed E-state index contributed by atoms with van der Waals surface area (Å²) in [5.74, 6) is 0. The summed E-state index contributed by atoms with van der Waals surface area (Å²) in [6, 6.07) is 9.19. The van der Waals surface area contributed by atoms with E-state index in [1.54, 1.807) is 36.4 Å². The molecule has 7 heteroatoms. The molecule has 0 aliphatic rings. The van der Waals surface area contributed by atoms with E-state index in [-0.39, 0.29) is 0 Å². The van der Waals surface area contributed by atoms with Crippen LogP contribution >= 0.6 is 34.5 Å². The average molecular weight is 332 g/mol. The molecule has 0 aliphatic carbocycles. The van der Waals surface area contributed by atoms with Crippen molar-refractivity contribution in [3.8, 4) is 0 Å². The van der Waals surface area contributed by atoms with Crippen molar-refractivity contribution in [2.75, 3.05) is 0 Å². The number of hydrogen-bond acceptors (Lipinski definition) is 3. The van der Waals surface area contributed by atoms with Crippen LogP contribution in [0.2, 0.25) is 9.36 Å². The van der Waals surface area contributed by atoms with Crippen LogP contribution in [0, 0.1) is 0 Å². The Hall–Kier alpha value is -1.27. The van der Waals surface area contributed by atoms with E-state index in [1.807, 2.05) is 0 Å². The molecular formula is C13H11Cl2NO3S. The van der Waals surface area contributed by atoms with E-state index in [1.165, 1.54) is 11.3 Å². The maximum Gasteiger partial charge on any atom is 0.405 e. The number of hydrogen-bond donors (Lipinski definition) is 3. The summed E-state index contributed by atoms with van der Waals surface area (Å²) in [4.78, 5) is 11.5. The summed E-state index contributed by atoms with van der Waals surface area (Å²) < 4.78 is 0.524. The highest BCUT2D eigenvalue weighted by Crippen LogP contribution is 2.35. The third-order valence-corrected chi connectivity index (χ3v) is 4.23. The number of rotatable bonds is 4. The number of aliphatic hydroxyl groups excluding tert-OH is 1. The maximum absolute atomic E-state index is 10.9. The molecule has 1 aromatic carbocycles. The van der Waals surface area contributed by atoms with Gasteiger partial charge in [0.15, 0.2) is 0 Å². The Balaban J connectivity index is 2.33. The Bertz CT molecular complexity index is 617. The van der Waals surface area contributed by atoms with Crippen LogP contribution in [0.25, 0.3) is 0 Å². The highest BCUT2D eigenvalue weighted by molar-refractivity contribution is 7.16. The first kappa shape index (κ1) is 15.1. The molecule has 0 spiro atoms. The lowest BCUT2D eigenvalue weighted by Gasteiger charge is -2.22. The van der Waals surface area contributed by atoms with Crippen LogP contribution in [0.5, 0.6) is 0 Å². The van der Waals surface area contributed by atoms with Gasteiger partial charge in [-0.1, -0.05) is 35.3 Å². The van der Waals surface area contributed by atoms with Gasteiger partial charge in [0.2, 0.25) is 0 Å². The van der Waals surface area contributed by atoms with Gasteiger partial charge in [-0.3, -0.25) is 0 Å². The molecular weight excluding hydrogens is 321 g/mol. The summed E-state index contributed by atoms with van der Waals surface area (Å²) >= 11 is 13.0. The number of halogens is 2. The minimum atomic E-state index is -1.22. The molecule has 0 bridgehead atoms. The van der Waals surface area contributed by atoms with Gasteiger partial charge < -0.3 is 15.5 Å².